The van der Waals surface area contributed by atoms with Gasteiger partial charge >= 0.3 is 6.01 Å². The predicted octanol–water partition coefficient (Wildman–Crippen LogP) is 0.116. The third-order valence-electron chi connectivity index (χ3n) is 0.833. The quantitative estimate of drug-likeness (QED) is 0.632. The molecule has 0 saturated carbocycles. The number of nitrogens with two attached hydrogens (primary N) is 1. The fourth-order valence-corrected chi connectivity index (χ4v) is 0.476. The number of anilines is 1. The van der Waals surface area contributed by atoms with Crippen LogP contribution in [0.3, 0.4) is 0 Å². The molecule has 0 amide bonds. The molecule has 0 aliphatic heterocycles. The van der Waals surface area contributed by atoms with Gasteiger partial charge in [0.25, 0.3) is 0 Å². The highest BCUT2D eigenvalue weighted by atomic mass is 35.5. The van der Waals surface area contributed by atoms with Crippen LogP contribution in [0, 0.1) is 0 Å². The minimum Gasteiger partial charge on any atom is -0.466 e. The minimum absolute atomic E-state index is 0.0841. The summed E-state index contributed by atoms with van der Waals surface area (Å²) < 4.78 is 4.63. The van der Waals surface area contributed by atoms with Crippen LogP contribution in [0.5, 0.6) is 6.01 Å². The molecule has 0 spiro atoms. The van der Waals surface area contributed by atoms with Gasteiger partial charge in [0, 0.05) is 0 Å². The van der Waals surface area contributed by atoms with E-state index >= 15 is 0 Å². The van der Waals surface area contributed by atoms with E-state index in [4.69, 9.17) is 17.3 Å². The number of nitrogens with zero attached hydrogens (tertiary/aromatic N) is 3. The smallest absolute Gasteiger partial charge is 0.337 e. The summed E-state index contributed by atoms with van der Waals surface area (Å²) in [6, 6.07) is 0.113. The van der Waals surface area contributed by atoms with Crippen LogP contribution in [0.15, 0.2) is 0 Å². The number of hydrogen-bond donors (Lipinski definition) is 1. The van der Waals surface area contributed by atoms with Crippen LogP contribution < -0.4 is 10.5 Å². The number of hydrogen-bond acceptors (Lipinski definition) is 5. The topological polar surface area (TPSA) is 73.9 Å². The molecule has 0 aliphatic rings. The first kappa shape index (κ1) is 7.01. The van der Waals surface area contributed by atoms with Crippen LogP contribution in [0.2, 0.25) is 5.15 Å². The van der Waals surface area contributed by atoms with Crippen molar-refractivity contribution in [3.63, 3.8) is 0 Å². The molecule has 1 aromatic heterocycles. The molecule has 1 rings (SSSR count). The first-order valence-electron chi connectivity index (χ1n) is 2.43. The molecule has 0 bridgehead atoms. The molecule has 2 N–H and O–H groups in total. The zero-order valence-corrected chi connectivity index (χ0v) is 5.96. The number of ether oxygens (including phenoxy) is 1. The van der Waals surface area contributed by atoms with Gasteiger partial charge in [0.15, 0.2) is 11.0 Å². The van der Waals surface area contributed by atoms with Crippen LogP contribution in [0.4, 0.5) is 5.82 Å². The van der Waals surface area contributed by atoms with E-state index < -0.39 is 0 Å². The summed E-state index contributed by atoms with van der Waals surface area (Å²) in [5, 5.41) is 7.00. The van der Waals surface area contributed by atoms with Gasteiger partial charge in [0.05, 0.1) is 7.11 Å². The van der Waals surface area contributed by atoms with Crippen LogP contribution >= 0.6 is 11.6 Å². The molecule has 0 saturated heterocycles. The molecule has 5 nitrogen and oxygen atoms in total. The SMILES string of the molecule is COc1nnc(Cl)c(N)n1. The fraction of sp³-hybridized carbons (Fsp3) is 0.250. The Hall–Kier alpha value is -1.10. The Morgan fingerprint density at radius 3 is 2.70 bits per heavy atom. The van der Waals surface area contributed by atoms with Gasteiger partial charge in [-0.2, -0.15) is 4.98 Å². The normalized spacial score (nSPS) is 9.40. The van der Waals surface area contributed by atoms with E-state index in [2.05, 4.69) is 19.9 Å². The lowest BCUT2D eigenvalue weighted by atomic mass is 10.7. The lowest BCUT2D eigenvalue weighted by Crippen LogP contribution is -1.99. The average Bonchev–Trinajstić information content (AvgIpc) is 1.95. The Morgan fingerprint density at radius 1 is 1.50 bits per heavy atom. The predicted molar refractivity (Wildman–Crippen MR) is 35.8 cm³/mol. The monoisotopic (exact) mass is 160 g/mol. The van der Waals surface area contributed by atoms with Crippen molar-refractivity contribution >= 4 is 17.4 Å². The Morgan fingerprint density at radius 2 is 2.20 bits per heavy atom. The van der Waals surface area contributed by atoms with Gasteiger partial charge in [-0.1, -0.05) is 16.7 Å². The van der Waals surface area contributed by atoms with Crippen molar-refractivity contribution in [1.29, 1.82) is 0 Å². The van der Waals surface area contributed by atoms with Crippen LogP contribution in [0.1, 0.15) is 0 Å². The summed E-state index contributed by atoms with van der Waals surface area (Å²) in [6.45, 7) is 0. The third kappa shape index (κ3) is 1.24. The molecule has 54 valence electrons. The highest BCUT2D eigenvalue weighted by molar-refractivity contribution is 6.31. The summed E-state index contributed by atoms with van der Waals surface area (Å²) in [5.41, 5.74) is 5.27. The van der Waals surface area contributed by atoms with Crippen LogP contribution in [-0.4, -0.2) is 22.3 Å². The van der Waals surface area contributed by atoms with E-state index in [0.717, 1.165) is 0 Å². The Bertz CT molecular complexity index is 241. The van der Waals surface area contributed by atoms with E-state index in [1.807, 2.05) is 0 Å². The highest BCUT2D eigenvalue weighted by Gasteiger charge is 2.01. The summed E-state index contributed by atoms with van der Waals surface area (Å²) in [5.74, 6) is 0.119. The first-order valence-corrected chi connectivity index (χ1v) is 2.81. The van der Waals surface area contributed by atoms with E-state index in [1.54, 1.807) is 0 Å². The van der Waals surface area contributed by atoms with Crippen molar-refractivity contribution in [3.8, 4) is 6.01 Å². The van der Waals surface area contributed by atoms with E-state index in [-0.39, 0.29) is 17.0 Å². The number of aromatic nitrogens is 3. The Labute approximate surface area is 62.2 Å². The first-order chi connectivity index (χ1) is 4.74. The lowest BCUT2D eigenvalue weighted by molar-refractivity contribution is 0.374. The molecule has 0 aliphatic carbocycles. The van der Waals surface area contributed by atoms with Gasteiger partial charge in [-0.25, -0.2) is 0 Å². The van der Waals surface area contributed by atoms with Gasteiger partial charge in [-0.05, 0) is 0 Å². The molecule has 0 radical (unpaired) electrons. The molecular weight excluding hydrogens is 156 g/mol. The second-order valence-electron chi connectivity index (χ2n) is 1.47. The number of nitrogen functional groups attached to an aromatic ring is 1. The molecule has 1 aromatic rings. The molecule has 0 fully saturated rings. The fourth-order valence-electron chi connectivity index (χ4n) is 0.396. The summed E-state index contributed by atoms with van der Waals surface area (Å²) in [7, 11) is 1.42. The van der Waals surface area contributed by atoms with E-state index in [9.17, 15) is 0 Å². The second-order valence-corrected chi connectivity index (χ2v) is 1.83. The molecule has 6 heteroatoms. The maximum Gasteiger partial charge on any atom is 0.337 e. The maximum absolute atomic E-state index is 5.42. The minimum atomic E-state index is 0.0841. The molecule has 0 aromatic carbocycles. The highest BCUT2D eigenvalue weighted by Crippen LogP contribution is 2.12. The van der Waals surface area contributed by atoms with Crippen LogP contribution in [0.25, 0.3) is 0 Å². The van der Waals surface area contributed by atoms with Crippen molar-refractivity contribution in [2.24, 2.45) is 0 Å². The number of rotatable bonds is 1. The largest absolute Gasteiger partial charge is 0.466 e. The number of halogens is 1. The van der Waals surface area contributed by atoms with Gasteiger partial charge in [-0.3, -0.25) is 0 Å². The summed E-state index contributed by atoms with van der Waals surface area (Å²) in [6.07, 6.45) is 0. The molecule has 0 atom stereocenters. The molecule has 1 heterocycles. The zero-order chi connectivity index (χ0) is 7.56. The van der Waals surface area contributed by atoms with E-state index in [0.29, 0.717) is 0 Å². The standard InChI is InChI=1S/C4H5ClN4O/c1-10-4-7-3(6)2(5)8-9-4/h1H3,(H2,6,7,9). The summed E-state index contributed by atoms with van der Waals surface area (Å²) >= 11 is 5.42. The lowest BCUT2D eigenvalue weighted by Gasteiger charge is -1.96. The van der Waals surface area contributed by atoms with Crippen molar-refractivity contribution in [3.05, 3.63) is 5.15 Å². The maximum atomic E-state index is 5.42. The summed E-state index contributed by atoms with van der Waals surface area (Å²) in [4.78, 5) is 3.64. The molecular formula is C4H5ClN4O. The van der Waals surface area contributed by atoms with Gasteiger partial charge in [-0.15, -0.1) is 5.10 Å². The van der Waals surface area contributed by atoms with Crippen molar-refractivity contribution in [1.82, 2.24) is 15.2 Å². The van der Waals surface area contributed by atoms with Crippen LogP contribution in [-0.2, 0) is 0 Å². The third-order valence-corrected chi connectivity index (χ3v) is 1.10. The number of methoxy groups -OCH3 is 1. The second kappa shape index (κ2) is 2.66. The average molecular weight is 161 g/mol. The van der Waals surface area contributed by atoms with Crippen molar-refractivity contribution in [2.45, 2.75) is 0 Å². The Balaban J connectivity index is 3.04. The zero-order valence-electron chi connectivity index (χ0n) is 5.21. The Kier molecular flexibility index (Phi) is 1.86. The van der Waals surface area contributed by atoms with Gasteiger partial charge in [0.1, 0.15) is 0 Å². The molecule has 10 heavy (non-hydrogen) atoms. The van der Waals surface area contributed by atoms with Gasteiger partial charge < -0.3 is 10.5 Å². The van der Waals surface area contributed by atoms with E-state index in [1.165, 1.54) is 7.11 Å². The van der Waals surface area contributed by atoms with Gasteiger partial charge in [0.2, 0.25) is 0 Å². The van der Waals surface area contributed by atoms with Crippen molar-refractivity contribution < 1.29 is 4.74 Å². The van der Waals surface area contributed by atoms with Crippen molar-refractivity contribution in [2.75, 3.05) is 12.8 Å². The molecule has 0 unspecified atom stereocenters.